The Balaban J connectivity index is 2.02. The first kappa shape index (κ1) is 12.8. The zero-order valence-electron chi connectivity index (χ0n) is 10.8. The van der Waals surface area contributed by atoms with Crippen molar-refractivity contribution in [3.8, 4) is 0 Å². The highest BCUT2D eigenvalue weighted by Gasteiger charge is 2.27. The molecule has 5 heteroatoms. The highest BCUT2D eigenvalue weighted by Crippen LogP contribution is 2.31. The number of hydrogen-bond donors (Lipinski definition) is 1. The van der Waals surface area contributed by atoms with Crippen LogP contribution in [0.2, 0.25) is 0 Å². The fraction of sp³-hybridized carbons (Fsp3) is 0.615. The van der Waals surface area contributed by atoms with Gasteiger partial charge in [0.1, 0.15) is 0 Å². The van der Waals surface area contributed by atoms with E-state index in [1.54, 1.807) is 12.3 Å². The molecular weight excluding hydrogens is 230 g/mol. The van der Waals surface area contributed by atoms with Crippen LogP contribution in [0.5, 0.6) is 0 Å². The van der Waals surface area contributed by atoms with Gasteiger partial charge in [-0.05, 0) is 34.2 Å². The Morgan fingerprint density at radius 3 is 2.78 bits per heavy atom. The average molecular weight is 249 g/mol. The molecule has 1 aromatic rings. The predicted molar refractivity (Wildman–Crippen MR) is 70.5 cm³/mol. The minimum Gasteiger partial charge on any atom is -0.379 e. The van der Waals surface area contributed by atoms with E-state index >= 15 is 0 Å². The average Bonchev–Trinajstić information content (AvgIpc) is 2.36. The Morgan fingerprint density at radius 2 is 2.17 bits per heavy atom. The lowest BCUT2D eigenvalue weighted by atomic mass is 9.78. The largest absolute Gasteiger partial charge is 0.379 e. The molecule has 5 nitrogen and oxygen atoms in total. The van der Waals surface area contributed by atoms with Gasteiger partial charge in [0.2, 0.25) is 0 Å². The monoisotopic (exact) mass is 249 g/mol. The first-order valence-corrected chi connectivity index (χ1v) is 6.45. The van der Waals surface area contributed by atoms with Crippen molar-refractivity contribution in [2.24, 2.45) is 11.8 Å². The van der Waals surface area contributed by atoms with Crippen molar-refractivity contribution in [1.29, 1.82) is 0 Å². The fourth-order valence-corrected chi connectivity index (χ4v) is 2.58. The van der Waals surface area contributed by atoms with Gasteiger partial charge in [-0.1, -0.05) is 26.7 Å². The molecule has 0 unspecified atom stereocenters. The molecule has 1 fully saturated rings. The van der Waals surface area contributed by atoms with Crippen molar-refractivity contribution in [1.82, 2.24) is 4.98 Å². The molecular formula is C13H19N3O2. The van der Waals surface area contributed by atoms with Gasteiger partial charge in [0, 0.05) is 12.1 Å². The third-order valence-corrected chi connectivity index (χ3v) is 3.99. The van der Waals surface area contributed by atoms with Crippen LogP contribution in [0.4, 0.5) is 11.5 Å². The van der Waals surface area contributed by atoms with Crippen LogP contribution in [0.25, 0.3) is 0 Å². The summed E-state index contributed by atoms with van der Waals surface area (Å²) in [5.41, 5.74) is 0.867. The molecule has 18 heavy (non-hydrogen) atoms. The Kier molecular flexibility index (Phi) is 3.79. The summed E-state index contributed by atoms with van der Waals surface area (Å²) in [7, 11) is 0. The first-order chi connectivity index (χ1) is 8.58. The Hall–Kier alpha value is -1.65. The summed E-state index contributed by atoms with van der Waals surface area (Å²) in [6.07, 6.45) is 5.23. The summed E-state index contributed by atoms with van der Waals surface area (Å²) in [5.74, 6) is 1.24. The third kappa shape index (κ3) is 2.78. The van der Waals surface area contributed by atoms with Crippen LogP contribution in [0.3, 0.4) is 0 Å². The summed E-state index contributed by atoms with van der Waals surface area (Å²) < 4.78 is 0. The van der Waals surface area contributed by atoms with Gasteiger partial charge in [-0.3, -0.25) is 0 Å². The summed E-state index contributed by atoms with van der Waals surface area (Å²) in [5, 5.41) is 14.0. The van der Waals surface area contributed by atoms with Gasteiger partial charge in [-0.2, -0.15) is 0 Å². The highest BCUT2D eigenvalue weighted by atomic mass is 16.6. The summed E-state index contributed by atoms with van der Waals surface area (Å²) in [6.45, 7) is 4.55. The zero-order chi connectivity index (χ0) is 13.1. The molecule has 98 valence electrons. The van der Waals surface area contributed by atoms with Crippen LogP contribution in [-0.4, -0.2) is 15.9 Å². The second kappa shape index (κ2) is 5.33. The molecule has 0 spiro atoms. The molecule has 3 atom stereocenters. The molecule has 1 heterocycles. The summed E-state index contributed by atoms with van der Waals surface area (Å²) in [4.78, 5) is 13.9. The molecule has 0 radical (unpaired) electrons. The second-order valence-corrected chi connectivity index (χ2v) is 5.18. The van der Waals surface area contributed by atoms with Crippen LogP contribution in [-0.2, 0) is 0 Å². The fourth-order valence-electron chi connectivity index (χ4n) is 2.58. The van der Waals surface area contributed by atoms with Gasteiger partial charge >= 0.3 is 5.82 Å². The number of aromatic nitrogens is 1. The van der Waals surface area contributed by atoms with Crippen molar-refractivity contribution in [3.05, 3.63) is 28.4 Å². The molecule has 2 rings (SSSR count). The van der Waals surface area contributed by atoms with Crippen molar-refractivity contribution < 1.29 is 4.92 Å². The van der Waals surface area contributed by atoms with Gasteiger partial charge in [-0.15, -0.1) is 0 Å². The lowest BCUT2D eigenvalue weighted by Gasteiger charge is -2.34. The second-order valence-electron chi connectivity index (χ2n) is 5.18. The molecule has 0 aliphatic heterocycles. The SMILES string of the molecule is C[C@@H]1[C@H](C)CCC[C@H]1Nc1ccc([N+](=O)[O-])nc1. The summed E-state index contributed by atoms with van der Waals surface area (Å²) in [6, 6.07) is 3.62. The first-order valence-electron chi connectivity index (χ1n) is 6.45. The van der Waals surface area contributed by atoms with Crippen LogP contribution < -0.4 is 5.32 Å². The number of pyridine rings is 1. The van der Waals surface area contributed by atoms with Crippen LogP contribution >= 0.6 is 0 Å². The standard InChI is InChI=1S/C13H19N3O2/c1-9-4-3-5-12(10(9)2)15-11-6-7-13(14-8-11)16(17)18/h6-10,12,15H,3-5H2,1-2H3/t9-,10-,12-/m1/s1. The third-order valence-electron chi connectivity index (χ3n) is 3.99. The van der Waals surface area contributed by atoms with Crippen molar-refractivity contribution in [2.75, 3.05) is 5.32 Å². The van der Waals surface area contributed by atoms with E-state index in [1.807, 2.05) is 0 Å². The maximum atomic E-state index is 10.5. The van der Waals surface area contributed by atoms with E-state index in [0.29, 0.717) is 12.0 Å². The molecule has 0 aromatic carbocycles. The van der Waals surface area contributed by atoms with Gasteiger partial charge < -0.3 is 15.4 Å². The minimum absolute atomic E-state index is 0.106. The van der Waals surface area contributed by atoms with Gasteiger partial charge in [0.25, 0.3) is 0 Å². The van der Waals surface area contributed by atoms with Crippen molar-refractivity contribution in [3.63, 3.8) is 0 Å². The zero-order valence-corrected chi connectivity index (χ0v) is 10.8. The lowest BCUT2D eigenvalue weighted by molar-refractivity contribution is -0.389. The van der Waals surface area contributed by atoms with Crippen LogP contribution in [0, 0.1) is 22.0 Å². The maximum absolute atomic E-state index is 10.5. The van der Waals surface area contributed by atoms with E-state index in [2.05, 4.69) is 24.1 Å². The predicted octanol–water partition coefficient (Wildman–Crippen LogP) is 3.23. The number of hydrogen-bond acceptors (Lipinski definition) is 4. The topological polar surface area (TPSA) is 68.1 Å². The van der Waals surface area contributed by atoms with E-state index < -0.39 is 4.92 Å². The van der Waals surface area contributed by atoms with Crippen molar-refractivity contribution >= 4 is 11.5 Å². The molecule has 0 amide bonds. The van der Waals surface area contributed by atoms with E-state index in [1.165, 1.54) is 18.9 Å². The Morgan fingerprint density at radius 1 is 1.39 bits per heavy atom. The highest BCUT2D eigenvalue weighted by molar-refractivity contribution is 5.44. The van der Waals surface area contributed by atoms with Gasteiger partial charge in [0.05, 0.1) is 5.69 Å². The molecule has 1 saturated carbocycles. The minimum atomic E-state index is -0.477. The van der Waals surface area contributed by atoms with E-state index in [9.17, 15) is 10.1 Å². The lowest BCUT2D eigenvalue weighted by Crippen LogP contribution is -2.35. The Bertz CT molecular complexity index is 419. The number of anilines is 1. The van der Waals surface area contributed by atoms with E-state index in [-0.39, 0.29) is 5.82 Å². The maximum Gasteiger partial charge on any atom is 0.363 e. The normalized spacial score (nSPS) is 27.8. The molecule has 1 N–H and O–H groups in total. The molecule has 1 aromatic heterocycles. The number of nitrogens with one attached hydrogen (secondary N) is 1. The molecule has 1 aliphatic rings. The van der Waals surface area contributed by atoms with Crippen molar-refractivity contribution in [2.45, 2.75) is 39.2 Å². The quantitative estimate of drug-likeness (QED) is 0.659. The van der Waals surface area contributed by atoms with E-state index in [0.717, 1.165) is 18.0 Å². The van der Waals surface area contributed by atoms with Crippen LogP contribution in [0.1, 0.15) is 33.1 Å². The number of nitrogens with zero attached hydrogens (tertiary/aromatic N) is 2. The molecule has 0 saturated heterocycles. The Labute approximate surface area is 107 Å². The van der Waals surface area contributed by atoms with E-state index in [4.69, 9.17) is 0 Å². The van der Waals surface area contributed by atoms with Gasteiger partial charge in [0.15, 0.2) is 6.20 Å². The number of nitro groups is 1. The van der Waals surface area contributed by atoms with Crippen LogP contribution in [0.15, 0.2) is 18.3 Å². The number of rotatable bonds is 3. The van der Waals surface area contributed by atoms with Gasteiger partial charge in [-0.25, -0.2) is 0 Å². The summed E-state index contributed by atoms with van der Waals surface area (Å²) >= 11 is 0. The smallest absolute Gasteiger partial charge is 0.363 e. The molecule has 1 aliphatic carbocycles. The molecule has 0 bridgehead atoms.